The van der Waals surface area contributed by atoms with Crippen molar-refractivity contribution in [2.75, 3.05) is 26.3 Å². The van der Waals surface area contributed by atoms with Crippen molar-refractivity contribution in [3.8, 4) is 0 Å². The Morgan fingerprint density at radius 3 is 2.12 bits per heavy atom. The number of hydrogen-bond donors (Lipinski definition) is 1. The van der Waals surface area contributed by atoms with Crippen molar-refractivity contribution >= 4 is 12.2 Å². The van der Waals surface area contributed by atoms with Crippen molar-refractivity contribution in [2.45, 2.75) is 26.4 Å². The third kappa shape index (κ3) is 2.70. The van der Waals surface area contributed by atoms with Crippen molar-refractivity contribution in [1.29, 1.82) is 0 Å². The van der Waals surface area contributed by atoms with E-state index in [0.29, 0.717) is 0 Å². The van der Waals surface area contributed by atoms with Gasteiger partial charge in [-0.15, -0.1) is 4.48 Å². The first kappa shape index (κ1) is 12.9. The van der Waals surface area contributed by atoms with Crippen LogP contribution < -0.4 is 0 Å². The van der Waals surface area contributed by atoms with Crippen molar-refractivity contribution in [3.05, 3.63) is 0 Å². The third-order valence-electron chi connectivity index (χ3n) is 2.34. The van der Waals surface area contributed by atoms with Crippen molar-refractivity contribution in [1.82, 2.24) is 0 Å². The molecule has 1 saturated heterocycles. The van der Waals surface area contributed by atoms with Crippen molar-refractivity contribution < 1.29 is 28.7 Å². The SMILES string of the molecule is CC(C)(C)OC(=O)[N+]1(C(=O)O)CCOCC1. The van der Waals surface area contributed by atoms with Crippen LogP contribution in [-0.2, 0) is 9.47 Å². The number of morpholine rings is 1. The first-order chi connectivity index (χ1) is 7.28. The van der Waals surface area contributed by atoms with Gasteiger partial charge in [0.1, 0.15) is 18.7 Å². The number of ether oxygens (including phenoxy) is 2. The topological polar surface area (TPSA) is 72.8 Å². The zero-order chi connectivity index (χ0) is 12.4. The Morgan fingerprint density at radius 2 is 1.75 bits per heavy atom. The number of imide groups is 1. The molecule has 6 heteroatoms. The van der Waals surface area contributed by atoms with Gasteiger partial charge in [0.2, 0.25) is 0 Å². The molecule has 6 nitrogen and oxygen atoms in total. The van der Waals surface area contributed by atoms with E-state index in [2.05, 4.69) is 0 Å². The molecule has 0 saturated carbocycles. The minimum atomic E-state index is -1.18. The summed E-state index contributed by atoms with van der Waals surface area (Å²) < 4.78 is 9.51. The maximum absolute atomic E-state index is 11.9. The number of rotatable bonds is 0. The summed E-state index contributed by atoms with van der Waals surface area (Å²) in [6.45, 7) is 5.88. The van der Waals surface area contributed by atoms with Crippen LogP contribution in [0.1, 0.15) is 20.8 Å². The molecule has 0 aromatic heterocycles. The van der Waals surface area contributed by atoms with E-state index >= 15 is 0 Å². The van der Waals surface area contributed by atoms with E-state index < -0.39 is 22.3 Å². The summed E-state index contributed by atoms with van der Waals surface area (Å²) in [7, 11) is 0. The molecule has 92 valence electrons. The van der Waals surface area contributed by atoms with Crippen LogP contribution in [0.25, 0.3) is 0 Å². The van der Waals surface area contributed by atoms with Crippen LogP contribution in [0, 0.1) is 0 Å². The van der Waals surface area contributed by atoms with Gasteiger partial charge >= 0.3 is 12.2 Å². The third-order valence-corrected chi connectivity index (χ3v) is 2.34. The molecule has 0 aromatic rings. The van der Waals surface area contributed by atoms with E-state index in [-0.39, 0.29) is 26.3 Å². The maximum atomic E-state index is 11.9. The van der Waals surface area contributed by atoms with Gasteiger partial charge in [-0.3, -0.25) is 0 Å². The van der Waals surface area contributed by atoms with Gasteiger partial charge in [0.05, 0.1) is 13.2 Å². The molecule has 1 rings (SSSR count). The van der Waals surface area contributed by atoms with Gasteiger partial charge in [-0.25, -0.2) is 0 Å². The fourth-order valence-corrected chi connectivity index (χ4v) is 1.46. The van der Waals surface area contributed by atoms with Gasteiger partial charge in [0.25, 0.3) is 0 Å². The maximum Gasteiger partial charge on any atom is 0.527 e. The second-order valence-electron chi connectivity index (χ2n) is 4.79. The molecule has 0 unspecified atom stereocenters. The number of amides is 2. The van der Waals surface area contributed by atoms with E-state index in [1.165, 1.54) is 0 Å². The lowest BCUT2D eigenvalue weighted by molar-refractivity contribution is -0.796. The van der Waals surface area contributed by atoms with E-state index in [0.717, 1.165) is 0 Å². The van der Waals surface area contributed by atoms with Gasteiger partial charge in [0.15, 0.2) is 0 Å². The molecule has 0 aliphatic carbocycles. The monoisotopic (exact) mass is 232 g/mol. The summed E-state index contributed by atoms with van der Waals surface area (Å²) in [5.41, 5.74) is -0.684. The number of carbonyl (C=O) groups is 2. The van der Waals surface area contributed by atoms with Crippen LogP contribution in [-0.4, -0.2) is 53.7 Å². The van der Waals surface area contributed by atoms with E-state index in [9.17, 15) is 14.7 Å². The molecule has 1 aliphatic heterocycles. The number of quaternary nitrogens is 1. The first-order valence-corrected chi connectivity index (χ1v) is 5.20. The first-order valence-electron chi connectivity index (χ1n) is 5.20. The lowest BCUT2D eigenvalue weighted by Crippen LogP contribution is -2.62. The average molecular weight is 232 g/mol. The molecular weight excluding hydrogens is 214 g/mol. The summed E-state index contributed by atoms with van der Waals surface area (Å²) in [4.78, 5) is 23.1. The Morgan fingerprint density at radius 1 is 1.25 bits per heavy atom. The van der Waals surface area contributed by atoms with Crippen molar-refractivity contribution in [2.24, 2.45) is 0 Å². The molecule has 1 aliphatic rings. The summed E-state index contributed by atoms with van der Waals surface area (Å²) >= 11 is 0. The predicted octanol–water partition coefficient (Wildman–Crippen LogP) is 1.45. The molecule has 0 atom stereocenters. The molecule has 0 aromatic carbocycles. The van der Waals surface area contributed by atoms with Gasteiger partial charge in [0, 0.05) is 0 Å². The summed E-state index contributed by atoms with van der Waals surface area (Å²) in [5.74, 6) is 0. The highest BCUT2D eigenvalue weighted by molar-refractivity contribution is 5.75. The Bertz CT molecular complexity index is 288. The number of hydrogen-bond acceptors (Lipinski definition) is 4. The highest BCUT2D eigenvalue weighted by Crippen LogP contribution is 2.19. The molecule has 2 amide bonds. The smallest absolute Gasteiger partial charge is 0.435 e. The lowest BCUT2D eigenvalue weighted by Gasteiger charge is -2.33. The van der Waals surface area contributed by atoms with Gasteiger partial charge in [-0.2, -0.15) is 9.59 Å². The molecular formula is C10H18NO5+. The zero-order valence-electron chi connectivity index (χ0n) is 9.86. The second kappa shape index (κ2) is 4.39. The van der Waals surface area contributed by atoms with Crippen LogP contribution >= 0.6 is 0 Å². The van der Waals surface area contributed by atoms with E-state index in [1.54, 1.807) is 20.8 Å². The minimum Gasteiger partial charge on any atom is -0.435 e. The Hall–Kier alpha value is -1.14. The predicted molar refractivity (Wildman–Crippen MR) is 55.1 cm³/mol. The average Bonchev–Trinajstić information content (AvgIpc) is 2.16. The highest BCUT2D eigenvalue weighted by Gasteiger charge is 2.49. The van der Waals surface area contributed by atoms with E-state index in [1.807, 2.05) is 0 Å². The van der Waals surface area contributed by atoms with Crippen LogP contribution in [0.15, 0.2) is 0 Å². The lowest BCUT2D eigenvalue weighted by atomic mass is 10.2. The Kier molecular flexibility index (Phi) is 3.54. The van der Waals surface area contributed by atoms with E-state index in [4.69, 9.17) is 9.47 Å². The van der Waals surface area contributed by atoms with Crippen LogP contribution in [0.2, 0.25) is 0 Å². The van der Waals surface area contributed by atoms with Gasteiger partial charge in [-0.05, 0) is 20.8 Å². The van der Waals surface area contributed by atoms with Crippen LogP contribution in [0.4, 0.5) is 9.59 Å². The van der Waals surface area contributed by atoms with Crippen molar-refractivity contribution in [3.63, 3.8) is 0 Å². The summed E-state index contributed by atoms with van der Waals surface area (Å²) in [5, 5.41) is 9.17. The fraction of sp³-hybridized carbons (Fsp3) is 0.800. The Labute approximate surface area is 94.3 Å². The summed E-state index contributed by atoms with van der Waals surface area (Å²) in [6.07, 6.45) is -1.90. The molecule has 16 heavy (non-hydrogen) atoms. The second-order valence-corrected chi connectivity index (χ2v) is 4.79. The molecule has 0 bridgehead atoms. The number of carbonyl (C=O) groups excluding carboxylic acids is 1. The molecule has 0 spiro atoms. The Balaban J connectivity index is 2.85. The standard InChI is InChI=1S/C10H17NO5/c1-10(2,3)16-9(14)11(8(12)13)4-6-15-7-5-11/h4-7H2,1-3H3/p+1. The minimum absolute atomic E-state index is 0.115. The largest absolute Gasteiger partial charge is 0.527 e. The highest BCUT2D eigenvalue weighted by atomic mass is 16.6. The van der Waals surface area contributed by atoms with Crippen LogP contribution in [0.3, 0.4) is 0 Å². The molecule has 1 heterocycles. The van der Waals surface area contributed by atoms with Crippen LogP contribution in [0.5, 0.6) is 0 Å². The van der Waals surface area contributed by atoms with Gasteiger partial charge in [-0.1, -0.05) is 0 Å². The fourth-order valence-electron chi connectivity index (χ4n) is 1.46. The quantitative estimate of drug-likeness (QED) is 0.640. The number of nitrogens with zero attached hydrogens (tertiary/aromatic N) is 1. The zero-order valence-corrected chi connectivity index (χ0v) is 9.86. The molecule has 1 N–H and O–H groups in total. The van der Waals surface area contributed by atoms with Gasteiger partial charge < -0.3 is 14.6 Å². The molecule has 1 fully saturated rings. The summed E-state index contributed by atoms with van der Waals surface area (Å²) in [6, 6.07) is 0. The molecule has 0 radical (unpaired) electrons. The normalized spacial score (nSPS) is 20.2. The number of carboxylic acid groups (broad SMARTS) is 1.